The molecule has 1 aromatic carbocycles. The van der Waals surface area contributed by atoms with E-state index in [0.29, 0.717) is 0 Å². The van der Waals surface area contributed by atoms with Gasteiger partial charge in [-0.15, -0.1) is 0 Å². The van der Waals surface area contributed by atoms with Crippen LogP contribution in [-0.4, -0.2) is 32.8 Å². The van der Waals surface area contributed by atoms with E-state index in [4.69, 9.17) is 4.42 Å². The predicted molar refractivity (Wildman–Crippen MR) is 108 cm³/mol. The first-order valence-electron chi connectivity index (χ1n) is 9.99. The Hall–Kier alpha value is -2.68. The van der Waals surface area contributed by atoms with Gasteiger partial charge in [0.1, 0.15) is 16.8 Å². The summed E-state index contributed by atoms with van der Waals surface area (Å²) in [7, 11) is -4.00. The van der Waals surface area contributed by atoms with Crippen LogP contribution in [0.15, 0.2) is 52.0 Å². The molecule has 0 aliphatic heterocycles. The molecule has 0 bridgehead atoms. The zero-order chi connectivity index (χ0) is 21.6. The van der Waals surface area contributed by atoms with Crippen LogP contribution < -0.4 is 10.6 Å². The summed E-state index contributed by atoms with van der Waals surface area (Å²) in [4.78, 5) is 24.4. The number of benzene rings is 1. The molecule has 7 nitrogen and oxygen atoms in total. The lowest BCUT2D eigenvalue weighted by Crippen LogP contribution is -2.45. The number of furan rings is 1. The molecule has 0 unspecified atom stereocenters. The molecule has 1 aromatic heterocycles. The van der Waals surface area contributed by atoms with Gasteiger partial charge in [-0.1, -0.05) is 25.7 Å². The van der Waals surface area contributed by atoms with E-state index in [1.807, 2.05) is 0 Å². The van der Waals surface area contributed by atoms with Gasteiger partial charge in [0, 0.05) is 12.6 Å². The van der Waals surface area contributed by atoms with E-state index in [1.54, 1.807) is 0 Å². The number of amides is 2. The Balaban J connectivity index is 1.69. The van der Waals surface area contributed by atoms with E-state index in [2.05, 4.69) is 10.6 Å². The number of rotatable bonds is 6. The van der Waals surface area contributed by atoms with Gasteiger partial charge in [0.2, 0.25) is 0 Å². The third-order valence-electron chi connectivity index (χ3n) is 5.22. The molecule has 2 amide bonds. The van der Waals surface area contributed by atoms with Gasteiger partial charge in [-0.3, -0.25) is 9.59 Å². The largest absolute Gasteiger partial charge is 0.468 e. The Kier molecular flexibility index (Phi) is 7.25. The van der Waals surface area contributed by atoms with Gasteiger partial charge < -0.3 is 15.1 Å². The maximum Gasteiger partial charge on any atom is 0.309 e. The molecule has 1 atom stereocenters. The van der Waals surface area contributed by atoms with Crippen molar-refractivity contribution in [2.75, 3.05) is 6.54 Å². The maximum absolute atomic E-state index is 13.2. The van der Waals surface area contributed by atoms with Crippen molar-refractivity contribution in [3.8, 4) is 0 Å². The second kappa shape index (κ2) is 9.88. The average molecular weight is 437 g/mol. The number of hydrogen-bond donors (Lipinski definition) is 2. The first-order chi connectivity index (χ1) is 14.4. The minimum Gasteiger partial charge on any atom is -0.468 e. The molecule has 2 aromatic rings. The van der Waals surface area contributed by atoms with Gasteiger partial charge in [-0.05, 0) is 49.2 Å². The fourth-order valence-corrected chi connectivity index (χ4v) is 5.15. The van der Waals surface area contributed by atoms with E-state index in [1.165, 1.54) is 18.4 Å². The first-order valence-corrected chi connectivity index (χ1v) is 11.5. The highest BCUT2D eigenvalue weighted by atomic mass is 32.2. The fourth-order valence-electron chi connectivity index (χ4n) is 3.57. The van der Waals surface area contributed by atoms with Gasteiger partial charge >= 0.3 is 11.8 Å². The molecule has 1 saturated carbocycles. The van der Waals surface area contributed by atoms with Crippen molar-refractivity contribution in [2.45, 2.75) is 54.7 Å². The SMILES string of the molecule is O=C(NC[C@@H](c1ccco1)S(=O)(=O)c1ccc(F)cc1)C(=O)NC1CCCCCC1. The molecule has 0 spiro atoms. The summed E-state index contributed by atoms with van der Waals surface area (Å²) in [6, 6.07) is 7.36. The minimum atomic E-state index is -4.00. The highest BCUT2D eigenvalue weighted by molar-refractivity contribution is 7.91. The highest BCUT2D eigenvalue weighted by Gasteiger charge is 2.32. The molecule has 1 fully saturated rings. The second-order valence-corrected chi connectivity index (χ2v) is 9.51. The topological polar surface area (TPSA) is 105 Å². The molecular formula is C21H25FN2O5S. The number of carbonyl (C=O) groups is 2. The monoisotopic (exact) mass is 436 g/mol. The van der Waals surface area contributed by atoms with Gasteiger partial charge in [-0.2, -0.15) is 0 Å². The molecule has 1 heterocycles. The standard InChI is InChI=1S/C21H25FN2O5S/c22-15-9-11-17(12-10-15)30(27,28)19(18-8-5-13-29-18)14-23-20(25)21(26)24-16-6-3-1-2-4-7-16/h5,8-13,16,19H,1-4,6-7,14H2,(H,23,25)(H,24,26)/t19-/m0/s1. The van der Waals surface area contributed by atoms with Crippen molar-refractivity contribution < 1.29 is 26.8 Å². The number of carbonyl (C=O) groups excluding carboxylic acids is 2. The summed E-state index contributed by atoms with van der Waals surface area (Å²) in [6.07, 6.45) is 7.21. The Bertz CT molecular complexity index is 950. The van der Waals surface area contributed by atoms with Crippen molar-refractivity contribution in [1.82, 2.24) is 10.6 Å². The van der Waals surface area contributed by atoms with E-state index >= 15 is 0 Å². The van der Waals surface area contributed by atoms with Gasteiger partial charge in [0.05, 0.1) is 11.2 Å². The van der Waals surface area contributed by atoms with Crippen LogP contribution in [0.3, 0.4) is 0 Å². The number of hydrogen-bond acceptors (Lipinski definition) is 5. The average Bonchev–Trinajstić information content (AvgIpc) is 3.12. The summed E-state index contributed by atoms with van der Waals surface area (Å²) in [5, 5.41) is 3.87. The highest BCUT2D eigenvalue weighted by Crippen LogP contribution is 2.29. The zero-order valence-electron chi connectivity index (χ0n) is 16.5. The van der Waals surface area contributed by atoms with E-state index in [0.717, 1.165) is 62.8 Å². The normalized spacial score (nSPS) is 16.4. The molecular weight excluding hydrogens is 411 g/mol. The molecule has 30 heavy (non-hydrogen) atoms. The van der Waals surface area contributed by atoms with Gasteiger partial charge in [0.25, 0.3) is 0 Å². The second-order valence-electron chi connectivity index (χ2n) is 7.37. The first kappa shape index (κ1) is 22.0. The maximum atomic E-state index is 13.2. The summed E-state index contributed by atoms with van der Waals surface area (Å²) >= 11 is 0. The Morgan fingerprint density at radius 1 is 1.03 bits per heavy atom. The molecule has 2 N–H and O–H groups in total. The van der Waals surface area contributed by atoms with E-state index < -0.39 is 32.7 Å². The molecule has 162 valence electrons. The summed E-state index contributed by atoms with van der Waals surface area (Å²) < 4.78 is 44.5. The lowest BCUT2D eigenvalue weighted by molar-refractivity contribution is -0.139. The summed E-state index contributed by atoms with van der Waals surface area (Å²) in [6.45, 7) is -0.357. The Morgan fingerprint density at radius 3 is 2.30 bits per heavy atom. The van der Waals surface area contributed by atoms with Crippen molar-refractivity contribution in [3.05, 3.63) is 54.2 Å². The summed E-state index contributed by atoms with van der Waals surface area (Å²) in [5.74, 6) is -2.12. The fraction of sp³-hybridized carbons (Fsp3) is 0.429. The van der Waals surface area contributed by atoms with Crippen molar-refractivity contribution in [2.24, 2.45) is 0 Å². The van der Waals surface area contributed by atoms with Crippen molar-refractivity contribution in [3.63, 3.8) is 0 Å². The lowest BCUT2D eigenvalue weighted by atomic mass is 10.1. The van der Waals surface area contributed by atoms with Crippen LogP contribution in [0, 0.1) is 5.82 Å². The number of halogens is 1. The predicted octanol–water partition coefficient (Wildman–Crippen LogP) is 2.89. The third kappa shape index (κ3) is 5.47. The number of sulfone groups is 1. The quantitative estimate of drug-likeness (QED) is 0.412. The molecule has 1 aliphatic carbocycles. The third-order valence-corrected chi connectivity index (χ3v) is 7.30. The Labute approximate surface area is 175 Å². The van der Waals surface area contributed by atoms with Crippen molar-refractivity contribution >= 4 is 21.7 Å². The lowest BCUT2D eigenvalue weighted by Gasteiger charge is -2.18. The van der Waals surface area contributed by atoms with Crippen LogP contribution in [0.5, 0.6) is 0 Å². The summed E-state index contributed by atoms with van der Waals surface area (Å²) in [5.41, 5.74) is 0. The number of nitrogens with one attached hydrogen (secondary N) is 2. The van der Waals surface area contributed by atoms with E-state index in [-0.39, 0.29) is 23.2 Å². The van der Waals surface area contributed by atoms with Gasteiger partial charge in [0.15, 0.2) is 9.84 Å². The molecule has 0 radical (unpaired) electrons. The van der Waals surface area contributed by atoms with Crippen molar-refractivity contribution in [1.29, 1.82) is 0 Å². The molecule has 9 heteroatoms. The smallest absolute Gasteiger partial charge is 0.309 e. The molecule has 1 aliphatic rings. The minimum absolute atomic E-state index is 0.0467. The van der Waals surface area contributed by atoms with E-state index in [9.17, 15) is 22.4 Å². The Morgan fingerprint density at radius 2 is 1.70 bits per heavy atom. The zero-order valence-corrected chi connectivity index (χ0v) is 17.3. The molecule has 3 rings (SSSR count). The van der Waals surface area contributed by atoms with Crippen LogP contribution in [0.25, 0.3) is 0 Å². The van der Waals surface area contributed by atoms with Gasteiger partial charge in [-0.25, -0.2) is 12.8 Å². The molecule has 0 saturated heterocycles. The van der Waals surface area contributed by atoms with Crippen LogP contribution in [0.1, 0.15) is 49.5 Å². The van der Waals surface area contributed by atoms with Crippen LogP contribution in [-0.2, 0) is 19.4 Å². The van der Waals surface area contributed by atoms with Crippen LogP contribution in [0.4, 0.5) is 4.39 Å². The van der Waals surface area contributed by atoms with Crippen LogP contribution >= 0.6 is 0 Å². The van der Waals surface area contributed by atoms with Crippen LogP contribution in [0.2, 0.25) is 0 Å².